The topological polar surface area (TPSA) is 0 Å². The van der Waals surface area contributed by atoms with Crippen molar-refractivity contribution in [2.24, 2.45) is 0 Å². The Labute approximate surface area is 294 Å². The molecule has 0 radical (unpaired) electrons. The molecule has 8 aromatic carbocycles. The first kappa shape index (κ1) is 30.1. The number of hydrogen-bond acceptors (Lipinski definition) is 0. The van der Waals surface area contributed by atoms with E-state index in [9.17, 15) is 0 Å². The SMILES string of the molecule is CC1=C(c2ccc(-c3ccc4c5ccccc5c5ccccc5c4c3)c(-c3ccccc3)c2)CC=C(c2ccccc2)C(c2ccccc2)C1. The van der Waals surface area contributed by atoms with Crippen LogP contribution in [0.25, 0.3) is 65.7 Å². The summed E-state index contributed by atoms with van der Waals surface area (Å²) in [6.45, 7) is 2.35. The Morgan fingerprint density at radius 3 is 1.56 bits per heavy atom. The molecule has 0 heteroatoms. The van der Waals surface area contributed by atoms with Crippen LogP contribution in [-0.2, 0) is 0 Å². The van der Waals surface area contributed by atoms with Crippen molar-refractivity contribution in [2.45, 2.75) is 25.7 Å². The zero-order valence-electron chi connectivity index (χ0n) is 28.3. The molecule has 1 aliphatic rings. The van der Waals surface area contributed by atoms with Gasteiger partial charge >= 0.3 is 0 Å². The van der Waals surface area contributed by atoms with Crippen molar-refractivity contribution in [3.8, 4) is 22.3 Å². The second-order valence-electron chi connectivity index (χ2n) is 13.6. The van der Waals surface area contributed by atoms with E-state index in [0.717, 1.165) is 12.8 Å². The molecule has 50 heavy (non-hydrogen) atoms. The van der Waals surface area contributed by atoms with Gasteiger partial charge in [-0.1, -0.05) is 175 Å². The molecular weight excluding hydrogens is 601 g/mol. The van der Waals surface area contributed by atoms with Crippen LogP contribution in [0.2, 0.25) is 0 Å². The smallest absolute Gasteiger partial charge is 0.0129 e. The van der Waals surface area contributed by atoms with E-state index in [1.807, 2.05) is 0 Å². The van der Waals surface area contributed by atoms with E-state index >= 15 is 0 Å². The van der Waals surface area contributed by atoms with Gasteiger partial charge in [-0.3, -0.25) is 0 Å². The van der Waals surface area contributed by atoms with E-state index in [-0.39, 0.29) is 0 Å². The van der Waals surface area contributed by atoms with Gasteiger partial charge in [0.1, 0.15) is 0 Å². The highest BCUT2D eigenvalue weighted by Gasteiger charge is 2.24. The highest BCUT2D eigenvalue weighted by Crippen LogP contribution is 2.45. The lowest BCUT2D eigenvalue weighted by Crippen LogP contribution is -2.02. The lowest BCUT2D eigenvalue weighted by atomic mass is 9.83. The Balaban J connectivity index is 1.20. The summed E-state index contributed by atoms with van der Waals surface area (Å²) >= 11 is 0. The van der Waals surface area contributed by atoms with Gasteiger partial charge in [-0.2, -0.15) is 0 Å². The van der Waals surface area contributed by atoms with E-state index < -0.39 is 0 Å². The Morgan fingerprint density at radius 2 is 0.920 bits per heavy atom. The second kappa shape index (κ2) is 12.8. The third-order valence-electron chi connectivity index (χ3n) is 10.7. The van der Waals surface area contributed by atoms with Crippen molar-refractivity contribution in [3.63, 3.8) is 0 Å². The fourth-order valence-corrected chi connectivity index (χ4v) is 8.28. The van der Waals surface area contributed by atoms with Gasteiger partial charge in [0.15, 0.2) is 0 Å². The first-order valence-electron chi connectivity index (χ1n) is 17.8. The van der Waals surface area contributed by atoms with E-state index in [0.29, 0.717) is 5.92 Å². The Morgan fingerprint density at radius 1 is 0.400 bits per heavy atom. The van der Waals surface area contributed by atoms with Gasteiger partial charge in [-0.05, 0) is 114 Å². The molecule has 1 aliphatic carbocycles. The first-order chi connectivity index (χ1) is 24.7. The fourth-order valence-electron chi connectivity index (χ4n) is 8.28. The molecule has 0 bridgehead atoms. The Hall–Kier alpha value is -5.98. The molecule has 0 spiro atoms. The third-order valence-corrected chi connectivity index (χ3v) is 10.7. The highest BCUT2D eigenvalue weighted by atomic mass is 14.3. The van der Waals surface area contributed by atoms with Crippen LogP contribution in [0.15, 0.2) is 188 Å². The molecule has 0 nitrogen and oxygen atoms in total. The molecule has 9 rings (SSSR count). The third kappa shape index (κ3) is 5.34. The van der Waals surface area contributed by atoms with E-state index in [2.05, 4.69) is 189 Å². The molecular formula is C50H38. The second-order valence-corrected chi connectivity index (χ2v) is 13.6. The predicted molar refractivity (Wildman–Crippen MR) is 215 cm³/mol. The average molecular weight is 639 g/mol. The fraction of sp³-hybridized carbons (Fsp3) is 0.0800. The van der Waals surface area contributed by atoms with Gasteiger partial charge in [0.05, 0.1) is 0 Å². The lowest BCUT2D eigenvalue weighted by molar-refractivity contribution is 0.848. The van der Waals surface area contributed by atoms with Gasteiger partial charge < -0.3 is 0 Å². The minimum absolute atomic E-state index is 0.312. The molecule has 0 heterocycles. The molecule has 0 aliphatic heterocycles. The Bertz CT molecular complexity index is 2530. The van der Waals surface area contributed by atoms with Crippen LogP contribution < -0.4 is 0 Å². The predicted octanol–water partition coefficient (Wildman–Crippen LogP) is 13.9. The van der Waals surface area contributed by atoms with Crippen molar-refractivity contribution in [1.82, 2.24) is 0 Å². The quantitative estimate of drug-likeness (QED) is 0.165. The summed E-state index contributed by atoms with van der Waals surface area (Å²) in [5.41, 5.74) is 13.3. The Kier molecular flexibility index (Phi) is 7.71. The summed E-state index contributed by atoms with van der Waals surface area (Å²) in [5, 5.41) is 7.82. The van der Waals surface area contributed by atoms with Crippen LogP contribution in [0.3, 0.4) is 0 Å². The van der Waals surface area contributed by atoms with E-state index in [1.165, 1.54) is 88.0 Å². The maximum atomic E-state index is 2.49. The largest absolute Gasteiger partial charge is 0.0757 e. The van der Waals surface area contributed by atoms with Crippen LogP contribution in [-0.4, -0.2) is 0 Å². The van der Waals surface area contributed by atoms with Crippen molar-refractivity contribution in [2.75, 3.05) is 0 Å². The monoisotopic (exact) mass is 638 g/mol. The van der Waals surface area contributed by atoms with Crippen LogP contribution in [0.1, 0.15) is 42.4 Å². The maximum Gasteiger partial charge on any atom is 0.0129 e. The van der Waals surface area contributed by atoms with Gasteiger partial charge in [0, 0.05) is 5.92 Å². The van der Waals surface area contributed by atoms with Crippen LogP contribution in [0.4, 0.5) is 0 Å². The molecule has 0 N–H and O–H groups in total. The number of allylic oxidation sites excluding steroid dienone is 4. The average Bonchev–Trinajstić information content (AvgIpc) is 3.37. The van der Waals surface area contributed by atoms with Gasteiger partial charge in [-0.15, -0.1) is 0 Å². The molecule has 1 atom stereocenters. The number of fused-ring (bicyclic) bond motifs is 6. The zero-order valence-corrected chi connectivity index (χ0v) is 28.3. The number of rotatable bonds is 5. The van der Waals surface area contributed by atoms with E-state index in [4.69, 9.17) is 0 Å². The van der Waals surface area contributed by atoms with Crippen LogP contribution >= 0.6 is 0 Å². The van der Waals surface area contributed by atoms with Crippen molar-refractivity contribution in [3.05, 3.63) is 204 Å². The van der Waals surface area contributed by atoms with Gasteiger partial charge in [-0.25, -0.2) is 0 Å². The molecule has 0 amide bonds. The van der Waals surface area contributed by atoms with Crippen LogP contribution in [0.5, 0.6) is 0 Å². The van der Waals surface area contributed by atoms with Crippen molar-refractivity contribution < 1.29 is 0 Å². The summed E-state index contributed by atoms with van der Waals surface area (Å²) in [4.78, 5) is 0. The maximum absolute atomic E-state index is 2.49. The summed E-state index contributed by atoms with van der Waals surface area (Å²) in [7, 11) is 0. The van der Waals surface area contributed by atoms with Gasteiger partial charge in [0.25, 0.3) is 0 Å². The molecule has 8 aromatic rings. The van der Waals surface area contributed by atoms with Gasteiger partial charge in [0.2, 0.25) is 0 Å². The molecule has 238 valence electrons. The molecule has 0 saturated carbocycles. The molecule has 1 unspecified atom stereocenters. The summed E-state index contributed by atoms with van der Waals surface area (Å²) in [6, 6.07) is 64.8. The normalized spacial score (nSPS) is 15.0. The first-order valence-corrected chi connectivity index (χ1v) is 17.8. The summed E-state index contributed by atoms with van der Waals surface area (Å²) in [5.74, 6) is 0.312. The minimum atomic E-state index is 0.312. The minimum Gasteiger partial charge on any atom is -0.0757 e. The number of hydrogen-bond donors (Lipinski definition) is 0. The summed E-state index contributed by atoms with van der Waals surface area (Å²) in [6.07, 6.45) is 4.39. The molecule has 0 fully saturated rings. The molecule has 0 saturated heterocycles. The lowest BCUT2D eigenvalue weighted by Gasteiger charge is -2.21. The number of benzene rings is 8. The zero-order chi connectivity index (χ0) is 33.4. The van der Waals surface area contributed by atoms with Crippen molar-refractivity contribution in [1.29, 1.82) is 0 Å². The highest BCUT2D eigenvalue weighted by molar-refractivity contribution is 6.25. The molecule has 0 aromatic heterocycles. The van der Waals surface area contributed by atoms with Crippen molar-refractivity contribution >= 4 is 43.5 Å². The standard InChI is InChI=1S/C50H38/c1-34-31-48(36-17-7-3-8-18-36)41(35-15-5-2-6-16-35)30-29-40(34)38-25-27-42(49(32-38)37-19-9-4-10-20-37)39-26-28-47-45-23-12-11-21-43(45)44-22-13-14-24-46(44)50(47)33-39/h2-28,30,32-33,48H,29,31H2,1H3. The van der Waals surface area contributed by atoms with E-state index in [1.54, 1.807) is 0 Å². The summed E-state index contributed by atoms with van der Waals surface area (Å²) < 4.78 is 0. The van der Waals surface area contributed by atoms with Crippen LogP contribution in [0, 0.1) is 0 Å².